The predicted octanol–water partition coefficient (Wildman–Crippen LogP) is 3.95. The van der Waals surface area contributed by atoms with Crippen LogP contribution in [0.5, 0.6) is 0 Å². The van der Waals surface area contributed by atoms with Gasteiger partial charge < -0.3 is 0 Å². The SMILES string of the molecule is C=CCN1C(=O)[C@H](c2ccccc2)SC1=NS(=O)(=O)c1ccc(Cl)s1. The number of amidine groups is 1. The second kappa shape index (κ2) is 7.33. The van der Waals surface area contributed by atoms with Gasteiger partial charge >= 0.3 is 0 Å². The number of benzene rings is 1. The Bertz CT molecular complexity index is 939. The molecule has 130 valence electrons. The minimum Gasteiger partial charge on any atom is -0.285 e. The number of thiophene rings is 1. The van der Waals surface area contributed by atoms with Gasteiger partial charge in [-0.15, -0.1) is 22.3 Å². The number of carbonyl (C=O) groups is 1. The second-order valence-electron chi connectivity index (χ2n) is 5.05. The number of rotatable bonds is 5. The van der Waals surface area contributed by atoms with Gasteiger partial charge in [0.05, 0.1) is 4.34 Å². The van der Waals surface area contributed by atoms with Gasteiger partial charge in [-0.25, -0.2) is 0 Å². The van der Waals surface area contributed by atoms with Crippen LogP contribution >= 0.6 is 34.7 Å². The number of amides is 1. The molecular weight excluding hydrogens is 400 g/mol. The topological polar surface area (TPSA) is 66.8 Å². The molecule has 1 aromatic carbocycles. The van der Waals surface area contributed by atoms with Crippen molar-refractivity contribution in [3.8, 4) is 0 Å². The molecule has 25 heavy (non-hydrogen) atoms. The van der Waals surface area contributed by atoms with Crippen LogP contribution in [0.1, 0.15) is 10.8 Å². The summed E-state index contributed by atoms with van der Waals surface area (Å²) in [7, 11) is -3.93. The number of carbonyl (C=O) groups excluding carboxylic acids is 1. The van der Waals surface area contributed by atoms with Gasteiger partial charge in [0.2, 0.25) is 5.91 Å². The molecule has 2 aromatic rings. The van der Waals surface area contributed by atoms with Crippen LogP contribution in [0, 0.1) is 0 Å². The minimum atomic E-state index is -3.93. The molecule has 0 N–H and O–H groups in total. The van der Waals surface area contributed by atoms with E-state index < -0.39 is 15.3 Å². The molecule has 1 aliphatic rings. The van der Waals surface area contributed by atoms with E-state index in [0.717, 1.165) is 28.7 Å². The van der Waals surface area contributed by atoms with Crippen LogP contribution < -0.4 is 0 Å². The molecule has 0 radical (unpaired) electrons. The first-order chi connectivity index (χ1) is 11.9. The first kappa shape index (κ1) is 18.2. The summed E-state index contributed by atoms with van der Waals surface area (Å²) < 4.78 is 29.3. The zero-order chi connectivity index (χ0) is 18.0. The van der Waals surface area contributed by atoms with Gasteiger partial charge in [0, 0.05) is 6.54 Å². The van der Waals surface area contributed by atoms with Crippen molar-refractivity contribution in [2.24, 2.45) is 4.40 Å². The molecule has 0 saturated carbocycles. The molecule has 0 spiro atoms. The minimum absolute atomic E-state index is 0.0414. The first-order valence-electron chi connectivity index (χ1n) is 7.16. The smallest absolute Gasteiger partial charge is 0.285 e. The van der Waals surface area contributed by atoms with Crippen LogP contribution in [0.25, 0.3) is 0 Å². The standard InChI is InChI=1S/C16H13ClN2O3S3/c1-2-10-19-15(20)14(11-6-4-3-5-7-11)24-16(19)18-25(21,22)13-9-8-12(17)23-13/h2-9,14H,1,10H2/t14-/m0/s1. The van der Waals surface area contributed by atoms with Gasteiger partial charge in [-0.1, -0.05) is 59.8 Å². The van der Waals surface area contributed by atoms with E-state index in [4.69, 9.17) is 11.6 Å². The zero-order valence-electron chi connectivity index (χ0n) is 12.8. The third-order valence-electron chi connectivity index (χ3n) is 3.36. The molecule has 1 saturated heterocycles. The fourth-order valence-corrected chi connectivity index (χ4v) is 6.09. The van der Waals surface area contributed by atoms with Crippen molar-refractivity contribution in [3.63, 3.8) is 0 Å². The maximum absolute atomic E-state index is 12.7. The van der Waals surface area contributed by atoms with E-state index in [1.165, 1.54) is 23.1 Å². The Kier molecular flexibility index (Phi) is 5.33. The lowest BCUT2D eigenvalue weighted by atomic mass is 10.1. The fourth-order valence-electron chi connectivity index (χ4n) is 2.25. The van der Waals surface area contributed by atoms with E-state index in [1.54, 1.807) is 0 Å². The normalized spacial score (nSPS) is 19.6. The number of halogens is 1. The van der Waals surface area contributed by atoms with E-state index in [9.17, 15) is 13.2 Å². The summed E-state index contributed by atoms with van der Waals surface area (Å²) >= 11 is 7.86. The largest absolute Gasteiger partial charge is 0.294 e. The summed E-state index contributed by atoms with van der Waals surface area (Å²) in [5.74, 6) is -0.214. The lowest BCUT2D eigenvalue weighted by Gasteiger charge is -2.13. The number of thioether (sulfide) groups is 1. The molecule has 9 heteroatoms. The van der Waals surface area contributed by atoms with Crippen molar-refractivity contribution < 1.29 is 13.2 Å². The highest BCUT2D eigenvalue weighted by Gasteiger charge is 2.39. The van der Waals surface area contributed by atoms with Crippen molar-refractivity contribution in [1.82, 2.24) is 4.90 Å². The van der Waals surface area contributed by atoms with Crippen LogP contribution in [0.15, 0.2) is 63.7 Å². The highest BCUT2D eigenvalue weighted by molar-refractivity contribution is 8.15. The Labute approximate surface area is 159 Å². The van der Waals surface area contributed by atoms with E-state index in [0.29, 0.717) is 4.34 Å². The van der Waals surface area contributed by atoms with Gasteiger partial charge in [0.15, 0.2) is 5.17 Å². The third-order valence-corrected chi connectivity index (χ3v) is 7.67. The Morgan fingerprint density at radius 2 is 1.96 bits per heavy atom. The summed E-state index contributed by atoms with van der Waals surface area (Å²) in [4.78, 5) is 14.0. The average molecular weight is 413 g/mol. The summed E-state index contributed by atoms with van der Waals surface area (Å²) in [6, 6.07) is 12.1. The molecule has 1 aromatic heterocycles. The summed E-state index contributed by atoms with van der Waals surface area (Å²) in [6.45, 7) is 3.82. The van der Waals surface area contributed by atoms with Crippen LogP contribution in [0.4, 0.5) is 0 Å². The quantitative estimate of drug-likeness (QED) is 0.697. The Morgan fingerprint density at radius 3 is 2.56 bits per heavy atom. The monoisotopic (exact) mass is 412 g/mol. The molecule has 1 fully saturated rings. The number of sulfonamides is 1. The van der Waals surface area contributed by atoms with Crippen molar-refractivity contribution in [3.05, 3.63) is 65.0 Å². The molecule has 0 aliphatic carbocycles. The van der Waals surface area contributed by atoms with Gasteiger partial charge in [0.1, 0.15) is 9.46 Å². The van der Waals surface area contributed by atoms with Gasteiger partial charge in [0.25, 0.3) is 10.0 Å². The summed E-state index contributed by atoms with van der Waals surface area (Å²) in [5.41, 5.74) is 0.799. The fraction of sp³-hybridized carbons (Fsp3) is 0.125. The lowest BCUT2D eigenvalue weighted by Crippen LogP contribution is -2.30. The molecule has 1 atom stereocenters. The van der Waals surface area contributed by atoms with Crippen molar-refractivity contribution in [2.45, 2.75) is 9.46 Å². The lowest BCUT2D eigenvalue weighted by molar-refractivity contribution is -0.125. The zero-order valence-corrected chi connectivity index (χ0v) is 16.0. The van der Waals surface area contributed by atoms with Gasteiger partial charge in [-0.2, -0.15) is 8.42 Å². The Balaban J connectivity index is 1.99. The van der Waals surface area contributed by atoms with Gasteiger partial charge in [-0.3, -0.25) is 9.69 Å². The van der Waals surface area contributed by atoms with Crippen molar-refractivity contribution in [1.29, 1.82) is 0 Å². The van der Waals surface area contributed by atoms with E-state index in [1.807, 2.05) is 30.3 Å². The van der Waals surface area contributed by atoms with Gasteiger partial charge in [-0.05, 0) is 17.7 Å². The van der Waals surface area contributed by atoms with Crippen LogP contribution in [-0.4, -0.2) is 30.9 Å². The maximum Gasteiger partial charge on any atom is 0.294 e. The Hall–Kier alpha value is -1.61. The molecule has 1 amide bonds. The average Bonchev–Trinajstić information content (AvgIpc) is 3.15. The molecule has 0 unspecified atom stereocenters. The highest BCUT2D eigenvalue weighted by Crippen LogP contribution is 2.40. The number of hydrogen-bond acceptors (Lipinski definition) is 5. The summed E-state index contributed by atoms with van der Waals surface area (Å²) in [5, 5.41) is -0.384. The van der Waals surface area contributed by atoms with Crippen molar-refractivity contribution >= 4 is 55.8 Å². The number of nitrogens with zero attached hydrogens (tertiary/aromatic N) is 2. The van der Waals surface area contributed by atoms with Crippen molar-refractivity contribution in [2.75, 3.05) is 6.54 Å². The first-order valence-corrected chi connectivity index (χ1v) is 10.7. The van der Waals surface area contributed by atoms with E-state index in [-0.39, 0.29) is 21.8 Å². The number of hydrogen-bond donors (Lipinski definition) is 0. The Morgan fingerprint density at radius 1 is 1.24 bits per heavy atom. The maximum atomic E-state index is 12.7. The van der Waals surface area contributed by atoms with Crippen LogP contribution in [0.2, 0.25) is 4.34 Å². The highest BCUT2D eigenvalue weighted by atomic mass is 35.5. The van der Waals surface area contributed by atoms with E-state index in [2.05, 4.69) is 11.0 Å². The third kappa shape index (κ3) is 3.82. The second-order valence-corrected chi connectivity index (χ2v) is 9.67. The molecule has 0 bridgehead atoms. The predicted molar refractivity (Wildman–Crippen MR) is 103 cm³/mol. The molecular formula is C16H13ClN2O3S3. The van der Waals surface area contributed by atoms with Crippen LogP contribution in [0.3, 0.4) is 0 Å². The molecule has 3 rings (SSSR count). The van der Waals surface area contributed by atoms with Crippen LogP contribution in [-0.2, 0) is 14.8 Å². The molecule has 5 nitrogen and oxygen atoms in total. The summed E-state index contributed by atoms with van der Waals surface area (Å²) in [6.07, 6.45) is 1.54. The van der Waals surface area contributed by atoms with E-state index >= 15 is 0 Å². The molecule has 1 aliphatic heterocycles. The molecule has 2 heterocycles.